The van der Waals surface area contributed by atoms with E-state index in [2.05, 4.69) is 0 Å². The van der Waals surface area contributed by atoms with Crippen LogP contribution in [0.3, 0.4) is 0 Å². The van der Waals surface area contributed by atoms with Gasteiger partial charge >= 0.3 is 0 Å². The molecule has 0 aromatic carbocycles. The summed E-state index contributed by atoms with van der Waals surface area (Å²) >= 11 is 0. The lowest BCUT2D eigenvalue weighted by molar-refractivity contribution is 0.0775. The molecule has 0 radical (unpaired) electrons. The molecule has 1 aliphatic carbocycles. The lowest BCUT2D eigenvalue weighted by Gasteiger charge is -2.07. The standard InChI is InChI=1S/C6H10O/c1-2-6-3-5(1)4-7-6/h5-6H,1-4H2. The van der Waals surface area contributed by atoms with E-state index in [-0.39, 0.29) is 0 Å². The summed E-state index contributed by atoms with van der Waals surface area (Å²) < 4.78 is 5.35. The topological polar surface area (TPSA) is 9.23 Å². The molecule has 0 spiro atoms. The van der Waals surface area contributed by atoms with Crippen molar-refractivity contribution in [2.75, 3.05) is 6.61 Å². The quantitative estimate of drug-likeness (QED) is 0.442. The zero-order chi connectivity index (χ0) is 4.69. The van der Waals surface area contributed by atoms with Gasteiger partial charge in [-0.1, -0.05) is 0 Å². The average molecular weight is 98.1 g/mol. The number of ether oxygens (including phenoxy) is 1. The Morgan fingerprint density at radius 1 is 1.29 bits per heavy atom. The first-order chi connectivity index (χ1) is 3.45. The minimum Gasteiger partial charge on any atom is -0.378 e. The normalized spacial score (nSPS) is 48.0. The van der Waals surface area contributed by atoms with Crippen LogP contribution in [0.2, 0.25) is 0 Å². The van der Waals surface area contributed by atoms with E-state index >= 15 is 0 Å². The number of hydrogen-bond donors (Lipinski definition) is 0. The van der Waals surface area contributed by atoms with E-state index < -0.39 is 0 Å². The monoisotopic (exact) mass is 98.1 g/mol. The predicted octanol–water partition coefficient (Wildman–Crippen LogP) is 1.19. The van der Waals surface area contributed by atoms with Gasteiger partial charge in [0.2, 0.25) is 0 Å². The Morgan fingerprint density at radius 3 is 2.43 bits per heavy atom. The van der Waals surface area contributed by atoms with E-state index in [1.165, 1.54) is 19.3 Å². The summed E-state index contributed by atoms with van der Waals surface area (Å²) in [5.41, 5.74) is 0. The van der Waals surface area contributed by atoms with Crippen LogP contribution in [-0.4, -0.2) is 12.7 Å². The molecular formula is C6H10O. The van der Waals surface area contributed by atoms with Crippen LogP contribution in [0.4, 0.5) is 0 Å². The summed E-state index contributed by atoms with van der Waals surface area (Å²) in [6.07, 6.45) is 4.81. The van der Waals surface area contributed by atoms with Crippen LogP contribution in [0.25, 0.3) is 0 Å². The molecule has 1 saturated heterocycles. The van der Waals surface area contributed by atoms with Crippen molar-refractivity contribution < 1.29 is 4.74 Å². The van der Waals surface area contributed by atoms with Crippen LogP contribution < -0.4 is 0 Å². The Morgan fingerprint density at radius 2 is 2.29 bits per heavy atom. The van der Waals surface area contributed by atoms with Crippen molar-refractivity contribution in [2.24, 2.45) is 5.92 Å². The van der Waals surface area contributed by atoms with Crippen molar-refractivity contribution in [3.05, 3.63) is 0 Å². The van der Waals surface area contributed by atoms with Crippen molar-refractivity contribution in [3.63, 3.8) is 0 Å². The largest absolute Gasteiger partial charge is 0.378 e. The summed E-state index contributed by atoms with van der Waals surface area (Å²) in [6.45, 7) is 1.06. The zero-order valence-electron chi connectivity index (χ0n) is 4.39. The first kappa shape index (κ1) is 3.90. The van der Waals surface area contributed by atoms with Gasteiger partial charge in [-0.05, 0) is 25.2 Å². The average Bonchev–Trinajstić information content (AvgIpc) is 2.22. The fourth-order valence-corrected chi connectivity index (χ4v) is 1.60. The molecule has 1 saturated carbocycles. The molecule has 7 heavy (non-hydrogen) atoms. The lowest BCUT2D eigenvalue weighted by atomic mass is 10.1. The van der Waals surface area contributed by atoms with Crippen molar-refractivity contribution in [2.45, 2.75) is 25.4 Å². The third kappa shape index (κ3) is 0.480. The number of hydrogen-bond acceptors (Lipinski definition) is 1. The van der Waals surface area contributed by atoms with Gasteiger partial charge in [-0.15, -0.1) is 0 Å². The molecule has 0 aromatic rings. The molecule has 2 rings (SSSR count). The third-order valence-electron chi connectivity index (χ3n) is 2.06. The zero-order valence-corrected chi connectivity index (χ0v) is 4.39. The van der Waals surface area contributed by atoms with Crippen molar-refractivity contribution in [1.82, 2.24) is 0 Å². The maximum atomic E-state index is 5.35. The second kappa shape index (κ2) is 1.22. The van der Waals surface area contributed by atoms with Gasteiger partial charge in [-0.2, -0.15) is 0 Å². The van der Waals surface area contributed by atoms with Crippen molar-refractivity contribution in [3.8, 4) is 0 Å². The van der Waals surface area contributed by atoms with Gasteiger partial charge in [0.1, 0.15) is 0 Å². The predicted molar refractivity (Wildman–Crippen MR) is 27.1 cm³/mol. The molecule has 0 amide bonds. The highest BCUT2D eigenvalue weighted by molar-refractivity contribution is 4.81. The molecule has 1 aliphatic heterocycles. The highest BCUT2D eigenvalue weighted by Gasteiger charge is 2.31. The van der Waals surface area contributed by atoms with Crippen LogP contribution in [0.15, 0.2) is 0 Å². The molecule has 0 N–H and O–H groups in total. The number of rotatable bonds is 0. The molecule has 2 bridgehead atoms. The van der Waals surface area contributed by atoms with Gasteiger partial charge in [-0.3, -0.25) is 0 Å². The molecule has 2 unspecified atom stereocenters. The van der Waals surface area contributed by atoms with E-state index in [9.17, 15) is 0 Å². The summed E-state index contributed by atoms with van der Waals surface area (Å²) in [4.78, 5) is 0. The summed E-state index contributed by atoms with van der Waals surface area (Å²) in [6, 6.07) is 0. The summed E-state index contributed by atoms with van der Waals surface area (Å²) in [5, 5.41) is 0. The van der Waals surface area contributed by atoms with Crippen molar-refractivity contribution in [1.29, 1.82) is 0 Å². The Bertz CT molecular complexity index is 62.2. The van der Waals surface area contributed by atoms with E-state index in [1.807, 2.05) is 0 Å². The number of fused-ring (bicyclic) bond motifs is 2. The van der Waals surface area contributed by atoms with Crippen LogP contribution in [-0.2, 0) is 4.74 Å². The third-order valence-corrected chi connectivity index (χ3v) is 2.06. The minimum absolute atomic E-state index is 0.671. The van der Waals surface area contributed by atoms with Gasteiger partial charge in [-0.25, -0.2) is 0 Å². The lowest BCUT2D eigenvalue weighted by Crippen LogP contribution is -2.05. The summed E-state index contributed by atoms with van der Waals surface area (Å²) in [7, 11) is 0. The Balaban J connectivity index is 2.12. The Hall–Kier alpha value is -0.0400. The van der Waals surface area contributed by atoms with Crippen LogP contribution in [0, 0.1) is 5.92 Å². The van der Waals surface area contributed by atoms with Crippen LogP contribution >= 0.6 is 0 Å². The van der Waals surface area contributed by atoms with E-state index in [4.69, 9.17) is 4.74 Å². The smallest absolute Gasteiger partial charge is 0.0578 e. The van der Waals surface area contributed by atoms with Gasteiger partial charge in [0.05, 0.1) is 6.10 Å². The Kier molecular flexibility index (Phi) is 0.680. The first-order valence-electron chi connectivity index (χ1n) is 3.07. The van der Waals surface area contributed by atoms with Crippen LogP contribution in [0.5, 0.6) is 0 Å². The Labute approximate surface area is 43.7 Å². The molecule has 1 nitrogen and oxygen atoms in total. The van der Waals surface area contributed by atoms with E-state index in [0.717, 1.165) is 12.5 Å². The maximum Gasteiger partial charge on any atom is 0.0578 e. The first-order valence-corrected chi connectivity index (χ1v) is 3.07. The van der Waals surface area contributed by atoms with E-state index in [1.54, 1.807) is 0 Å². The second-order valence-electron chi connectivity index (χ2n) is 2.63. The summed E-state index contributed by atoms with van der Waals surface area (Å²) in [5.74, 6) is 0.949. The molecule has 40 valence electrons. The van der Waals surface area contributed by atoms with Gasteiger partial charge < -0.3 is 4.74 Å². The highest BCUT2D eigenvalue weighted by Crippen LogP contribution is 2.34. The van der Waals surface area contributed by atoms with E-state index in [0.29, 0.717) is 6.10 Å². The van der Waals surface area contributed by atoms with Crippen LogP contribution in [0.1, 0.15) is 19.3 Å². The van der Waals surface area contributed by atoms with Gasteiger partial charge in [0.25, 0.3) is 0 Å². The van der Waals surface area contributed by atoms with Gasteiger partial charge in [0.15, 0.2) is 0 Å². The molecule has 1 heterocycles. The fraction of sp³-hybridized carbons (Fsp3) is 1.00. The highest BCUT2D eigenvalue weighted by atomic mass is 16.5. The fourth-order valence-electron chi connectivity index (χ4n) is 1.60. The molecule has 1 heteroatoms. The SMILES string of the molecule is C1CC2CC1CO2. The molecule has 2 aliphatic rings. The molecular weight excluding hydrogens is 88.1 g/mol. The molecule has 2 fully saturated rings. The second-order valence-corrected chi connectivity index (χ2v) is 2.63. The van der Waals surface area contributed by atoms with Gasteiger partial charge in [0, 0.05) is 6.61 Å². The molecule has 0 aromatic heterocycles. The minimum atomic E-state index is 0.671. The maximum absolute atomic E-state index is 5.35. The molecule has 2 atom stereocenters. The van der Waals surface area contributed by atoms with Crippen molar-refractivity contribution >= 4 is 0 Å².